The summed E-state index contributed by atoms with van der Waals surface area (Å²) in [5.41, 5.74) is 0. The summed E-state index contributed by atoms with van der Waals surface area (Å²) in [5.74, 6) is 0. The monoisotopic (exact) mass is 223 g/mol. The van der Waals surface area contributed by atoms with Gasteiger partial charge in [-0.2, -0.15) is 17.4 Å². The molecule has 1 fully saturated rings. The molecule has 1 aliphatic rings. The summed E-state index contributed by atoms with van der Waals surface area (Å²) in [6.45, 7) is 3.92. The van der Waals surface area contributed by atoms with Crippen LogP contribution in [0.15, 0.2) is 0 Å². The number of aliphatic hydroxyl groups is 1. The number of nitrogens with one attached hydrogen (secondary N) is 2. The van der Waals surface area contributed by atoms with E-state index in [1.807, 2.05) is 0 Å². The number of rotatable bonds is 4. The maximum absolute atomic E-state index is 11.6. The fraction of sp³-hybridized carbons (Fsp3) is 1.00. The Bertz CT molecular complexity index is 259. The summed E-state index contributed by atoms with van der Waals surface area (Å²) in [6, 6.07) is 0. The summed E-state index contributed by atoms with van der Waals surface area (Å²) in [7, 11) is -3.40. The van der Waals surface area contributed by atoms with Crippen LogP contribution in [0, 0.1) is 0 Å². The van der Waals surface area contributed by atoms with Gasteiger partial charge in [-0.25, -0.2) is 0 Å². The van der Waals surface area contributed by atoms with Crippen LogP contribution in [0.4, 0.5) is 0 Å². The number of aliphatic hydroxyl groups excluding tert-OH is 1. The lowest BCUT2D eigenvalue weighted by Gasteiger charge is -2.26. The molecule has 0 aliphatic carbocycles. The Balaban J connectivity index is 2.46. The molecule has 0 aromatic carbocycles. The van der Waals surface area contributed by atoms with Gasteiger partial charge in [0.15, 0.2) is 0 Å². The minimum Gasteiger partial charge on any atom is -0.392 e. The van der Waals surface area contributed by atoms with E-state index in [1.54, 1.807) is 6.92 Å². The molecule has 84 valence electrons. The maximum atomic E-state index is 11.6. The van der Waals surface area contributed by atoms with E-state index in [0.717, 1.165) is 0 Å². The van der Waals surface area contributed by atoms with Crippen molar-refractivity contribution in [2.75, 3.05) is 32.7 Å². The summed E-state index contributed by atoms with van der Waals surface area (Å²) in [4.78, 5) is 0. The fourth-order valence-electron chi connectivity index (χ4n) is 1.20. The smallest absolute Gasteiger partial charge is 0.279 e. The Kier molecular flexibility index (Phi) is 4.27. The van der Waals surface area contributed by atoms with Crippen LogP contribution in [-0.4, -0.2) is 56.7 Å². The van der Waals surface area contributed by atoms with Crippen LogP contribution < -0.4 is 10.0 Å². The standard InChI is InChI=1S/C7H17N3O3S/c1-7(11)6-9-14(12,13)10-4-2-8-3-5-10/h7-9,11H,2-6H2,1H3/t7-/m1/s1. The van der Waals surface area contributed by atoms with Crippen LogP contribution in [0.3, 0.4) is 0 Å². The minimum absolute atomic E-state index is 0.0618. The molecule has 1 rings (SSSR count). The minimum atomic E-state index is -3.40. The van der Waals surface area contributed by atoms with Crippen molar-refractivity contribution in [3.63, 3.8) is 0 Å². The molecule has 0 unspecified atom stereocenters. The molecule has 1 saturated heterocycles. The van der Waals surface area contributed by atoms with Crippen molar-refractivity contribution in [3.05, 3.63) is 0 Å². The summed E-state index contributed by atoms with van der Waals surface area (Å²) in [5, 5.41) is 12.0. The molecule has 0 aromatic rings. The van der Waals surface area contributed by atoms with Gasteiger partial charge in [0.05, 0.1) is 6.10 Å². The average Bonchev–Trinajstić information content (AvgIpc) is 2.16. The summed E-state index contributed by atoms with van der Waals surface area (Å²) < 4.78 is 26.9. The zero-order valence-corrected chi connectivity index (χ0v) is 9.05. The predicted octanol–water partition coefficient (Wildman–Crippen LogP) is -1.89. The van der Waals surface area contributed by atoms with Crippen LogP contribution in [0.5, 0.6) is 0 Å². The van der Waals surface area contributed by atoms with Gasteiger partial charge in [0.2, 0.25) is 0 Å². The topological polar surface area (TPSA) is 81.7 Å². The third kappa shape index (κ3) is 3.50. The highest BCUT2D eigenvalue weighted by Gasteiger charge is 2.23. The third-order valence-corrected chi connectivity index (χ3v) is 3.55. The van der Waals surface area contributed by atoms with Crippen LogP contribution in [-0.2, 0) is 10.2 Å². The van der Waals surface area contributed by atoms with E-state index in [9.17, 15) is 8.42 Å². The second-order valence-electron chi connectivity index (χ2n) is 3.35. The molecule has 0 radical (unpaired) electrons. The van der Waals surface area contributed by atoms with Crippen molar-refractivity contribution >= 4 is 10.2 Å². The highest BCUT2D eigenvalue weighted by Crippen LogP contribution is 1.99. The number of hydrogen-bond donors (Lipinski definition) is 3. The zero-order valence-electron chi connectivity index (χ0n) is 8.23. The van der Waals surface area contributed by atoms with Crippen molar-refractivity contribution in [2.24, 2.45) is 0 Å². The lowest BCUT2D eigenvalue weighted by Crippen LogP contribution is -2.51. The van der Waals surface area contributed by atoms with E-state index in [2.05, 4.69) is 10.0 Å². The fourth-order valence-corrected chi connectivity index (χ4v) is 2.50. The van der Waals surface area contributed by atoms with E-state index in [-0.39, 0.29) is 6.54 Å². The van der Waals surface area contributed by atoms with Gasteiger partial charge >= 0.3 is 0 Å². The van der Waals surface area contributed by atoms with E-state index in [0.29, 0.717) is 26.2 Å². The van der Waals surface area contributed by atoms with Gasteiger partial charge in [0.1, 0.15) is 0 Å². The first-order valence-corrected chi connectivity index (χ1v) is 6.10. The summed E-state index contributed by atoms with van der Waals surface area (Å²) in [6.07, 6.45) is -0.660. The van der Waals surface area contributed by atoms with Crippen molar-refractivity contribution in [1.29, 1.82) is 0 Å². The molecule has 7 heteroatoms. The van der Waals surface area contributed by atoms with E-state index >= 15 is 0 Å². The van der Waals surface area contributed by atoms with Gasteiger partial charge in [-0.3, -0.25) is 0 Å². The normalized spacial score (nSPS) is 22.1. The zero-order chi connectivity index (χ0) is 10.6. The third-order valence-electron chi connectivity index (χ3n) is 1.98. The average molecular weight is 223 g/mol. The van der Waals surface area contributed by atoms with Crippen molar-refractivity contribution in [2.45, 2.75) is 13.0 Å². The Morgan fingerprint density at radius 2 is 2.07 bits per heavy atom. The lowest BCUT2D eigenvalue weighted by molar-refractivity contribution is 0.197. The molecule has 14 heavy (non-hydrogen) atoms. The Morgan fingerprint density at radius 1 is 1.50 bits per heavy atom. The molecule has 1 atom stereocenters. The number of hydrogen-bond acceptors (Lipinski definition) is 4. The van der Waals surface area contributed by atoms with Crippen LogP contribution in [0.2, 0.25) is 0 Å². The largest absolute Gasteiger partial charge is 0.392 e. The molecule has 1 heterocycles. The predicted molar refractivity (Wildman–Crippen MR) is 53.0 cm³/mol. The molecular formula is C7H17N3O3S. The van der Waals surface area contributed by atoms with Gasteiger partial charge in [-0.15, -0.1) is 0 Å². The first-order chi connectivity index (χ1) is 6.52. The van der Waals surface area contributed by atoms with Crippen molar-refractivity contribution in [1.82, 2.24) is 14.3 Å². The van der Waals surface area contributed by atoms with Gasteiger partial charge in [-0.05, 0) is 6.92 Å². The molecular weight excluding hydrogens is 206 g/mol. The maximum Gasteiger partial charge on any atom is 0.279 e. The molecule has 6 nitrogen and oxygen atoms in total. The van der Waals surface area contributed by atoms with Gasteiger partial charge in [0, 0.05) is 32.7 Å². The Hall–Kier alpha value is -0.210. The Morgan fingerprint density at radius 3 is 2.57 bits per heavy atom. The molecule has 0 aromatic heterocycles. The molecule has 0 spiro atoms. The van der Waals surface area contributed by atoms with Gasteiger partial charge in [0.25, 0.3) is 10.2 Å². The lowest BCUT2D eigenvalue weighted by atomic mass is 10.4. The highest BCUT2D eigenvalue weighted by molar-refractivity contribution is 7.87. The SMILES string of the molecule is C[C@@H](O)CNS(=O)(=O)N1CCNCC1. The van der Waals surface area contributed by atoms with Crippen molar-refractivity contribution in [3.8, 4) is 0 Å². The second kappa shape index (κ2) is 5.04. The second-order valence-corrected chi connectivity index (χ2v) is 5.11. The first-order valence-electron chi connectivity index (χ1n) is 4.66. The Labute approximate surface area is 84.5 Å². The molecule has 3 N–H and O–H groups in total. The molecule has 0 saturated carbocycles. The number of piperazine rings is 1. The summed E-state index contributed by atoms with van der Waals surface area (Å²) >= 11 is 0. The quantitative estimate of drug-likeness (QED) is 0.520. The van der Waals surface area contributed by atoms with Crippen LogP contribution in [0.25, 0.3) is 0 Å². The van der Waals surface area contributed by atoms with Crippen LogP contribution >= 0.6 is 0 Å². The molecule has 1 aliphatic heterocycles. The van der Waals surface area contributed by atoms with E-state index < -0.39 is 16.3 Å². The highest BCUT2D eigenvalue weighted by atomic mass is 32.2. The molecule has 0 amide bonds. The van der Waals surface area contributed by atoms with E-state index in [4.69, 9.17) is 5.11 Å². The molecule has 0 bridgehead atoms. The number of nitrogens with zero attached hydrogens (tertiary/aromatic N) is 1. The first kappa shape index (κ1) is 11.9. The van der Waals surface area contributed by atoms with Crippen LogP contribution in [0.1, 0.15) is 6.92 Å². The van der Waals surface area contributed by atoms with Gasteiger partial charge in [-0.1, -0.05) is 0 Å². The van der Waals surface area contributed by atoms with Crippen molar-refractivity contribution < 1.29 is 13.5 Å². The van der Waals surface area contributed by atoms with E-state index in [1.165, 1.54) is 4.31 Å². The van der Waals surface area contributed by atoms with Gasteiger partial charge < -0.3 is 10.4 Å².